The number of nitrogens with one attached hydrogen (secondary N) is 1. The fourth-order valence-corrected chi connectivity index (χ4v) is 2.63. The first-order valence-electron chi connectivity index (χ1n) is 7.84. The summed E-state index contributed by atoms with van der Waals surface area (Å²) in [6.07, 6.45) is 0. The van der Waals surface area contributed by atoms with Crippen LogP contribution in [0.3, 0.4) is 0 Å². The summed E-state index contributed by atoms with van der Waals surface area (Å²) in [5, 5.41) is 3.14. The summed E-state index contributed by atoms with van der Waals surface area (Å²) in [6.45, 7) is 4.16. The van der Waals surface area contributed by atoms with Crippen molar-refractivity contribution in [3.05, 3.63) is 69.2 Å². The van der Waals surface area contributed by atoms with E-state index in [1.54, 1.807) is 6.07 Å². The van der Waals surface area contributed by atoms with Crippen LogP contribution < -0.4 is 5.32 Å². The van der Waals surface area contributed by atoms with Crippen LogP contribution in [0.5, 0.6) is 0 Å². The maximum Gasteiger partial charge on any atom is 0.325 e. The summed E-state index contributed by atoms with van der Waals surface area (Å²) < 4.78 is 5.16. The Morgan fingerprint density at radius 1 is 1.08 bits per heavy atom. The summed E-state index contributed by atoms with van der Waals surface area (Å²) in [5.41, 5.74) is 2.37. The second-order valence-corrected chi connectivity index (χ2v) is 6.71. The number of amides is 1. The number of rotatable bonds is 6. The lowest BCUT2D eigenvalue weighted by atomic mass is 10.0. The molecule has 0 fully saturated rings. The standard InChI is InChI=1S/C19H19Cl2NO3/c1-12(2)14-5-3-13(4-6-14)11-25-18(23)10-22-19(24)16-8-7-15(20)9-17(16)21/h3-9,12H,10-11H2,1-2H3,(H,22,24). The van der Waals surface area contributed by atoms with Crippen LogP contribution in [-0.2, 0) is 16.1 Å². The third-order valence-electron chi connectivity index (χ3n) is 3.62. The predicted molar refractivity (Wildman–Crippen MR) is 99.1 cm³/mol. The molecule has 132 valence electrons. The van der Waals surface area contributed by atoms with Crippen LogP contribution in [0.4, 0.5) is 0 Å². The Bertz CT molecular complexity index is 758. The second kappa shape index (κ2) is 8.88. The zero-order valence-corrected chi connectivity index (χ0v) is 15.5. The van der Waals surface area contributed by atoms with Gasteiger partial charge in [-0.05, 0) is 35.2 Å². The molecule has 2 aromatic rings. The summed E-state index contributed by atoms with van der Waals surface area (Å²) >= 11 is 11.7. The van der Waals surface area contributed by atoms with Gasteiger partial charge in [0.15, 0.2) is 0 Å². The zero-order chi connectivity index (χ0) is 18.4. The van der Waals surface area contributed by atoms with Crippen LogP contribution >= 0.6 is 23.2 Å². The molecule has 0 unspecified atom stereocenters. The van der Waals surface area contributed by atoms with Gasteiger partial charge in [0.25, 0.3) is 5.91 Å². The number of ether oxygens (including phenoxy) is 1. The highest BCUT2D eigenvalue weighted by atomic mass is 35.5. The molecular weight excluding hydrogens is 361 g/mol. The van der Waals surface area contributed by atoms with E-state index in [4.69, 9.17) is 27.9 Å². The highest BCUT2D eigenvalue weighted by Gasteiger charge is 2.12. The predicted octanol–water partition coefficient (Wildman–Crippen LogP) is 4.59. The molecule has 1 N–H and O–H groups in total. The van der Waals surface area contributed by atoms with Gasteiger partial charge in [-0.3, -0.25) is 9.59 Å². The molecule has 0 aliphatic heterocycles. The average Bonchev–Trinajstić information content (AvgIpc) is 2.58. The minimum Gasteiger partial charge on any atom is -0.460 e. The fraction of sp³-hybridized carbons (Fsp3) is 0.263. The van der Waals surface area contributed by atoms with Gasteiger partial charge >= 0.3 is 5.97 Å². The highest BCUT2D eigenvalue weighted by molar-refractivity contribution is 6.36. The largest absolute Gasteiger partial charge is 0.460 e. The van der Waals surface area contributed by atoms with E-state index >= 15 is 0 Å². The van der Waals surface area contributed by atoms with E-state index in [9.17, 15) is 9.59 Å². The Labute approximate surface area is 157 Å². The zero-order valence-electron chi connectivity index (χ0n) is 14.0. The molecule has 0 spiro atoms. The molecule has 1 amide bonds. The first-order valence-corrected chi connectivity index (χ1v) is 8.60. The van der Waals surface area contributed by atoms with Crippen molar-refractivity contribution in [2.45, 2.75) is 26.4 Å². The van der Waals surface area contributed by atoms with Crippen molar-refractivity contribution in [2.24, 2.45) is 0 Å². The minimum absolute atomic E-state index is 0.161. The number of carbonyl (C=O) groups is 2. The van der Waals surface area contributed by atoms with Crippen molar-refractivity contribution < 1.29 is 14.3 Å². The monoisotopic (exact) mass is 379 g/mol. The SMILES string of the molecule is CC(C)c1ccc(COC(=O)CNC(=O)c2ccc(Cl)cc2Cl)cc1. The molecule has 0 heterocycles. The van der Waals surface area contributed by atoms with Gasteiger partial charge in [-0.15, -0.1) is 0 Å². The lowest BCUT2D eigenvalue weighted by molar-refractivity contribution is -0.143. The van der Waals surface area contributed by atoms with Gasteiger partial charge in [-0.1, -0.05) is 61.3 Å². The molecule has 0 aliphatic rings. The number of carbonyl (C=O) groups excluding carboxylic acids is 2. The number of benzene rings is 2. The minimum atomic E-state index is -0.522. The molecule has 0 aliphatic carbocycles. The second-order valence-electron chi connectivity index (χ2n) is 5.86. The first kappa shape index (κ1) is 19.3. The van der Waals surface area contributed by atoms with E-state index in [2.05, 4.69) is 19.2 Å². The van der Waals surface area contributed by atoms with E-state index in [1.165, 1.54) is 17.7 Å². The lowest BCUT2D eigenvalue weighted by Crippen LogP contribution is -2.30. The third kappa shape index (κ3) is 5.76. The van der Waals surface area contributed by atoms with Gasteiger partial charge in [0.1, 0.15) is 13.2 Å². The Balaban J connectivity index is 1.81. The highest BCUT2D eigenvalue weighted by Crippen LogP contribution is 2.20. The van der Waals surface area contributed by atoms with Gasteiger partial charge in [-0.25, -0.2) is 0 Å². The van der Waals surface area contributed by atoms with Crippen LogP contribution in [0, 0.1) is 0 Å². The molecule has 6 heteroatoms. The summed E-state index contributed by atoms with van der Waals surface area (Å²) in [6, 6.07) is 12.4. The van der Waals surface area contributed by atoms with Gasteiger partial charge < -0.3 is 10.1 Å². The quantitative estimate of drug-likeness (QED) is 0.746. The van der Waals surface area contributed by atoms with Crippen molar-refractivity contribution in [3.8, 4) is 0 Å². The molecule has 2 rings (SSSR count). The number of hydrogen-bond acceptors (Lipinski definition) is 3. The molecule has 25 heavy (non-hydrogen) atoms. The van der Waals surface area contributed by atoms with Gasteiger partial charge in [0.05, 0.1) is 10.6 Å². The van der Waals surface area contributed by atoms with E-state index < -0.39 is 11.9 Å². The Morgan fingerprint density at radius 3 is 2.36 bits per heavy atom. The summed E-state index contributed by atoms with van der Waals surface area (Å²) in [4.78, 5) is 23.8. The van der Waals surface area contributed by atoms with Crippen molar-refractivity contribution in [1.29, 1.82) is 0 Å². The van der Waals surface area contributed by atoms with Crippen LogP contribution in [0.15, 0.2) is 42.5 Å². The van der Waals surface area contributed by atoms with Crippen LogP contribution in [0.2, 0.25) is 10.0 Å². The lowest BCUT2D eigenvalue weighted by Gasteiger charge is -2.09. The van der Waals surface area contributed by atoms with Crippen LogP contribution in [0.1, 0.15) is 41.3 Å². The van der Waals surface area contributed by atoms with Crippen molar-refractivity contribution in [1.82, 2.24) is 5.32 Å². The maximum atomic E-state index is 12.0. The molecule has 0 bridgehead atoms. The van der Waals surface area contributed by atoms with Gasteiger partial charge in [0.2, 0.25) is 0 Å². The molecule has 4 nitrogen and oxygen atoms in total. The van der Waals surface area contributed by atoms with E-state index in [0.717, 1.165) is 5.56 Å². The molecule has 0 aromatic heterocycles. The number of esters is 1. The van der Waals surface area contributed by atoms with E-state index in [0.29, 0.717) is 10.9 Å². The number of hydrogen-bond donors (Lipinski definition) is 1. The smallest absolute Gasteiger partial charge is 0.325 e. The summed E-state index contributed by atoms with van der Waals surface area (Å²) in [7, 11) is 0. The Hall–Kier alpha value is -2.04. The van der Waals surface area contributed by atoms with Gasteiger partial charge in [0, 0.05) is 5.02 Å². The fourth-order valence-electron chi connectivity index (χ4n) is 2.13. The molecule has 0 saturated carbocycles. The molecular formula is C19H19Cl2NO3. The molecule has 0 saturated heterocycles. The number of halogens is 2. The maximum absolute atomic E-state index is 12.0. The Kier molecular flexibility index (Phi) is 6.85. The molecule has 0 atom stereocenters. The third-order valence-corrected chi connectivity index (χ3v) is 4.16. The van der Waals surface area contributed by atoms with E-state index in [1.807, 2.05) is 24.3 Å². The van der Waals surface area contributed by atoms with Crippen LogP contribution in [0.25, 0.3) is 0 Å². The Morgan fingerprint density at radius 2 is 1.76 bits per heavy atom. The van der Waals surface area contributed by atoms with Crippen LogP contribution in [-0.4, -0.2) is 18.4 Å². The van der Waals surface area contributed by atoms with Crippen molar-refractivity contribution in [3.63, 3.8) is 0 Å². The average molecular weight is 380 g/mol. The van der Waals surface area contributed by atoms with Gasteiger partial charge in [-0.2, -0.15) is 0 Å². The van der Waals surface area contributed by atoms with E-state index in [-0.39, 0.29) is 23.7 Å². The molecule has 2 aromatic carbocycles. The first-order chi connectivity index (χ1) is 11.9. The topological polar surface area (TPSA) is 55.4 Å². The van der Waals surface area contributed by atoms with Crippen molar-refractivity contribution in [2.75, 3.05) is 6.54 Å². The van der Waals surface area contributed by atoms with Crippen molar-refractivity contribution >= 4 is 35.1 Å². The molecule has 0 radical (unpaired) electrons. The normalized spacial score (nSPS) is 10.6. The summed E-state index contributed by atoms with van der Waals surface area (Å²) in [5.74, 6) is -0.530.